The van der Waals surface area contributed by atoms with E-state index in [1.807, 2.05) is 54.6 Å². The molecule has 2 N–H and O–H groups in total. The van der Waals surface area contributed by atoms with Gasteiger partial charge in [-0.05, 0) is 44.7 Å². The second kappa shape index (κ2) is 11.5. The van der Waals surface area contributed by atoms with Crippen LogP contribution < -0.4 is 5.32 Å². The third kappa shape index (κ3) is 6.62. The molecule has 2 aromatic heterocycles. The van der Waals surface area contributed by atoms with E-state index >= 15 is 0 Å². The number of H-pyrrole nitrogens is 1. The number of fused-ring (bicyclic) bond motifs is 1. The predicted octanol–water partition coefficient (Wildman–Crippen LogP) is 7.18. The van der Waals surface area contributed by atoms with Crippen LogP contribution in [0.25, 0.3) is 22.2 Å². The van der Waals surface area contributed by atoms with Gasteiger partial charge in [-0.3, -0.25) is 0 Å². The number of esters is 1. The average Bonchev–Trinajstić information content (AvgIpc) is 3.51. The van der Waals surface area contributed by atoms with Crippen molar-refractivity contribution >= 4 is 23.0 Å². The highest BCUT2D eigenvalue weighted by Gasteiger charge is 2.31. The highest BCUT2D eigenvalue weighted by Crippen LogP contribution is 2.35. The lowest BCUT2D eigenvalue weighted by atomic mass is 9.99. The van der Waals surface area contributed by atoms with Gasteiger partial charge in [-0.2, -0.15) is 0 Å². The van der Waals surface area contributed by atoms with Crippen LogP contribution in [0.1, 0.15) is 75.4 Å². The van der Waals surface area contributed by atoms with Gasteiger partial charge in [-0.25, -0.2) is 14.6 Å². The Morgan fingerprint density at radius 1 is 1.08 bits per heavy atom. The Balaban J connectivity index is 1.72. The first-order valence-electron chi connectivity index (χ1n) is 12.9. The van der Waals surface area contributed by atoms with Crippen molar-refractivity contribution in [3.8, 4) is 11.3 Å². The Kier molecular flexibility index (Phi) is 8.20. The van der Waals surface area contributed by atoms with Gasteiger partial charge in [0, 0.05) is 22.7 Å². The number of aromatic nitrogens is 2. The summed E-state index contributed by atoms with van der Waals surface area (Å²) in [6.07, 6.45) is 2.66. The smallest absolute Gasteiger partial charge is 0.408 e. The molecule has 0 fully saturated rings. The molecule has 38 heavy (non-hydrogen) atoms. The van der Waals surface area contributed by atoms with Crippen molar-refractivity contribution in [2.45, 2.75) is 65.7 Å². The van der Waals surface area contributed by atoms with Gasteiger partial charge in [-0.15, -0.1) is 0 Å². The van der Waals surface area contributed by atoms with Crippen molar-refractivity contribution < 1.29 is 23.5 Å². The molecule has 0 radical (unpaired) electrons. The third-order valence-corrected chi connectivity index (χ3v) is 6.21. The van der Waals surface area contributed by atoms with Crippen molar-refractivity contribution in [2.75, 3.05) is 0 Å². The van der Waals surface area contributed by atoms with E-state index in [1.165, 1.54) is 0 Å². The number of nitrogens with zero attached hydrogens (tertiary/aromatic N) is 1. The van der Waals surface area contributed by atoms with Gasteiger partial charge in [0.05, 0.1) is 0 Å². The number of benzene rings is 2. The molecular weight excluding hydrogens is 482 g/mol. The highest BCUT2D eigenvalue weighted by molar-refractivity contribution is 6.01. The second-order valence-electron chi connectivity index (χ2n) is 10.5. The minimum absolute atomic E-state index is 0.0563. The van der Waals surface area contributed by atoms with Crippen molar-refractivity contribution in [3.63, 3.8) is 0 Å². The summed E-state index contributed by atoms with van der Waals surface area (Å²) in [6, 6.07) is 16.6. The van der Waals surface area contributed by atoms with E-state index < -0.39 is 23.7 Å². The maximum atomic E-state index is 13.3. The zero-order chi connectivity index (χ0) is 27.3. The van der Waals surface area contributed by atoms with Crippen molar-refractivity contribution in [2.24, 2.45) is 5.92 Å². The lowest BCUT2D eigenvalue weighted by Crippen LogP contribution is -2.35. The molecule has 2 atom stereocenters. The molecule has 1 amide bonds. The molecule has 200 valence electrons. The van der Waals surface area contributed by atoms with Gasteiger partial charge in [0.2, 0.25) is 5.89 Å². The van der Waals surface area contributed by atoms with E-state index in [0.717, 1.165) is 22.9 Å². The molecule has 8 heteroatoms. The van der Waals surface area contributed by atoms with Gasteiger partial charge in [0.15, 0.2) is 11.5 Å². The van der Waals surface area contributed by atoms with Crippen LogP contribution in [-0.2, 0) is 16.1 Å². The third-order valence-electron chi connectivity index (χ3n) is 6.21. The van der Waals surface area contributed by atoms with E-state index in [9.17, 15) is 9.59 Å². The van der Waals surface area contributed by atoms with E-state index in [1.54, 1.807) is 27.0 Å². The maximum absolute atomic E-state index is 13.3. The number of aromatic amines is 1. The van der Waals surface area contributed by atoms with Crippen LogP contribution in [0.15, 0.2) is 65.2 Å². The fourth-order valence-corrected chi connectivity index (χ4v) is 4.10. The topological polar surface area (TPSA) is 106 Å². The zero-order valence-electron chi connectivity index (χ0n) is 22.5. The van der Waals surface area contributed by atoms with E-state index in [0.29, 0.717) is 12.0 Å². The summed E-state index contributed by atoms with van der Waals surface area (Å²) >= 11 is 0. The lowest BCUT2D eigenvalue weighted by molar-refractivity contribution is 0.0465. The summed E-state index contributed by atoms with van der Waals surface area (Å²) in [6.45, 7) is 9.67. The molecule has 4 rings (SSSR count). The summed E-state index contributed by atoms with van der Waals surface area (Å²) in [7, 11) is 0. The Bertz CT molecular complexity index is 1380. The Morgan fingerprint density at radius 2 is 1.79 bits per heavy atom. The number of oxazole rings is 1. The number of carbonyl (C=O) groups is 2. The van der Waals surface area contributed by atoms with E-state index in [2.05, 4.69) is 29.1 Å². The van der Waals surface area contributed by atoms with Crippen LogP contribution in [-0.4, -0.2) is 27.6 Å². The number of alkyl carbamates (subject to hydrolysis) is 1. The molecule has 0 unspecified atom stereocenters. The summed E-state index contributed by atoms with van der Waals surface area (Å²) in [4.78, 5) is 33.8. The summed E-state index contributed by atoms with van der Waals surface area (Å²) in [5.74, 6) is 0.161. The van der Waals surface area contributed by atoms with Gasteiger partial charge >= 0.3 is 12.1 Å². The summed E-state index contributed by atoms with van der Waals surface area (Å²) in [5.41, 5.74) is 1.83. The fourth-order valence-electron chi connectivity index (χ4n) is 4.10. The van der Waals surface area contributed by atoms with Crippen LogP contribution in [0, 0.1) is 5.92 Å². The first-order valence-corrected chi connectivity index (χ1v) is 12.9. The Hall–Kier alpha value is -4.07. The largest absolute Gasteiger partial charge is 0.456 e. The van der Waals surface area contributed by atoms with Crippen LogP contribution in [0.4, 0.5) is 4.79 Å². The molecular formula is C30H35N3O5. The molecule has 0 bridgehead atoms. The maximum Gasteiger partial charge on any atom is 0.408 e. The molecule has 0 aliphatic rings. The molecule has 0 spiro atoms. The van der Waals surface area contributed by atoms with Gasteiger partial charge < -0.3 is 24.2 Å². The minimum atomic E-state index is -0.663. The van der Waals surface area contributed by atoms with E-state index in [-0.39, 0.29) is 29.9 Å². The van der Waals surface area contributed by atoms with Crippen molar-refractivity contribution in [1.29, 1.82) is 0 Å². The molecule has 0 aliphatic carbocycles. The number of ether oxygens (including phenoxy) is 2. The lowest BCUT2D eigenvalue weighted by Gasteiger charge is -2.23. The average molecular weight is 518 g/mol. The molecule has 8 nitrogen and oxygen atoms in total. The number of para-hydroxylation sites is 1. The summed E-state index contributed by atoms with van der Waals surface area (Å²) < 4.78 is 17.4. The number of carbonyl (C=O) groups excluding carboxylic acids is 2. The zero-order valence-corrected chi connectivity index (χ0v) is 22.5. The number of hydrogen-bond acceptors (Lipinski definition) is 6. The number of hydrogen-bond donors (Lipinski definition) is 2. The van der Waals surface area contributed by atoms with Gasteiger partial charge in [0.25, 0.3) is 0 Å². The SMILES string of the molecule is CC[C@@H](C)C[C@H](NC(=O)OC(C)(C)C)c1nc(C(=O)OCc2ccccc2)c(-c2c[nH]c3ccccc23)o1. The Morgan fingerprint density at radius 3 is 2.50 bits per heavy atom. The van der Waals surface area contributed by atoms with Crippen LogP contribution >= 0.6 is 0 Å². The summed E-state index contributed by atoms with van der Waals surface area (Å²) in [5, 5.41) is 3.78. The molecule has 2 aromatic carbocycles. The second-order valence-corrected chi connectivity index (χ2v) is 10.5. The first-order chi connectivity index (χ1) is 18.1. The predicted molar refractivity (Wildman–Crippen MR) is 146 cm³/mol. The van der Waals surface area contributed by atoms with E-state index in [4.69, 9.17) is 13.9 Å². The van der Waals surface area contributed by atoms with Crippen LogP contribution in [0.2, 0.25) is 0 Å². The number of amides is 1. The molecule has 0 saturated carbocycles. The highest BCUT2D eigenvalue weighted by atomic mass is 16.6. The number of rotatable bonds is 9. The quantitative estimate of drug-likeness (QED) is 0.228. The molecule has 0 saturated heterocycles. The van der Waals surface area contributed by atoms with Crippen molar-refractivity contribution in [3.05, 3.63) is 77.9 Å². The van der Waals surface area contributed by atoms with Crippen LogP contribution in [0.3, 0.4) is 0 Å². The standard InChI is InChI=1S/C30H35N3O5/c1-6-19(2)16-24(32-29(35)38-30(3,4)5)27-33-25(28(34)36-18-20-12-8-7-9-13-20)26(37-27)22-17-31-23-15-11-10-14-21(22)23/h7-15,17,19,24,31H,6,16,18H2,1-5H3,(H,32,35)/t19-,24+/m1/s1. The van der Waals surface area contributed by atoms with Gasteiger partial charge in [-0.1, -0.05) is 68.8 Å². The first kappa shape index (κ1) is 27.0. The molecule has 0 aliphatic heterocycles. The molecule has 4 aromatic rings. The fraction of sp³-hybridized carbons (Fsp3) is 0.367. The number of nitrogens with one attached hydrogen (secondary N) is 2. The van der Waals surface area contributed by atoms with Gasteiger partial charge in [0.1, 0.15) is 18.2 Å². The minimum Gasteiger partial charge on any atom is -0.456 e. The monoisotopic (exact) mass is 517 g/mol. The molecule has 2 heterocycles. The normalized spacial score (nSPS) is 13.2. The van der Waals surface area contributed by atoms with Crippen molar-refractivity contribution in [1.82, 2.24) is 15.3 Å². The van der Waals surface area contributed by atoms with Crippen LogP contribution in [0.5, 0.6) is 0 Å². The Labute approximate surface area is 222 Å².